The highest BCUT2D eigenvalue weighted by Crippen LogP contribution is 2.30. The Kier molecular flexibility index (Phi) is 3.89. The zero-order valence-corrected chi connectivity index (χ0v) is 11.1. The van der Waals surface area contributed by atoms with Crippen LogP contribution in [0.25, 0.3) is 0 Å². The molecular formula is C13H10ClNO2S. The summed E-state index contributed by atoms with van der Waals surface area (Å²) in [4.78, 5) is 15.9. The van der Waals surface area contributed by atoms with Gasteiger partial charge in [-0.15, -0.1) is 0 Å². The Morgan fingerprint density at radius 3 is 2.72 bits per heavy atom. The number of pyridine rings is 1. The number of carboxylic acid groups (broad SMARTS) is 1. The fraction of sp³-hybridized carbons (Fsp3) is 0.0769. The van der Waals surface area contributed by atoms with Gasteiger partial charge in [0.2, 0.25) is 0 Å². The summed E-state index contributed by atoms with van der Waals surface area (Å²) >= 11 is 7.07. The van der Waals surface area contributed by atoms with Crippen LogP contribution < -0.4 is 0 Å². The van der Waals surface area contributed by atoms with Crippen molar-refractivity contribution >= 4 is 29.3 Å². The first-order valence-electron chi connectivity index (χ1n) is 5.19. The van der Waals surface area contributed by atoms with Crippen LogP contribution in [0.4, 0.5) is 0 Å². The van der Waals surface area contributed by atoms with Gasteiger partial charge in [-0.3, -0.25) is 0 Å². The molecule has 0 bridgehead atoms. The minimum absolute atomic E-state index is 0.280. The molecular weight excluding hydrogens is 270 g/mol. The van der Waals surface area contributed by atoms with Crippen LogP contribution >= 0.6 is 23.4 Å². The van der Waals surface area contributed by atoms with E-state index >= 15 is 0 Å². The fourth-order valence-electron chi connectivity index (χ4n) is 1.43. The third-order valence-corrected chi connectivity index (χ3v) is 3.51. The highest BCUT2D eigenvalue weighted by molar-refractivity contribution is 7.99. The minimum atomic E-state index is -0.938. The van der Waals surface area contributed by atoms with E-state index in [-0.39, 0.29) is 5.56 Å². The SMILES string of the molecule is Cc1ccc(C(=O)O)c(Sc2ccc(Cl)cn2)c1. The maximum atomic E-state index is 11.1. The van der Waals surface area contributed by atoms with Crippen molar-refractivity contribution in [1.82, 2.24) is 4.98 Å². The summed E-state index contributed by atoms with van der Waals surface area (Å²) in [5.74, 6) is -0.938. The van der Waals surface area contributed by atoms with Gasteiger partial charge in [-0.25, -0.2) is 9.78 Å². The molecule has 0 aliphatic carbocycles. The van der Waals surface area contributed by atoms with E-state index in [4.69, 9.17) is 16.7 Å². The van der Waals surface area contributed by atoms with Crippen LogP contribution in [-0.2, 0) is 0 Å². The summed E-state index contributed by atoms with van der Waals surface area (Å²) in [5, 5.41) is 10.4. The first-order valence-corrected chi connectivity index (χ1v) is 6.39. The number of hydrogen-bond donors (Lipinski definition) is 1. The monoisotopic (exact) mass is 279 g/mol. The van der Waals surface area contributed by atoms with Crippen LogP contribution in [0.2, 0.25) is 5.02 Å². The van der Waals surface area contributed by atoms with Gasteiger partial charge in [-0.05, 0) is 36.8 Å². The lowest BCUT2D eigenvalue weighted by Gasteiger charge is -2.06. The van der Waals surface area contributed by atoms with E-state index in [2.05, 4.69) is 4.98 Å². The van der Waals surface area contributed by atoms with Crippen molar-refractivity contribution in [2.45, 2.75) is 16.8 Å². The van der Waals surface area contributed by atoms with Crippen molar-refractivity contribution in [3.8, 4) is 0 Å². The highest BCUT2D eigenvalue weighted by Gasteiger charge is 2.11. The van der Waals surface area contributed by atoms with Gasteiger partial charge in [0.1, 0.15) is 5.03 Å². The molecule has 0 spiro atoms. The summed E-state index contributed by atoms with van der Waals surface area (Å²) in [7, 11) is 0. The van der Waals surface area contributed by atoms with Crippen LogP contribution in [-0.4, -0.2) is 16.1 Å². The molecule has 3 nitrogen and oxygen atoms in total. The second kappa shape index (κ2) is 5.42. The van der Waals surface area contributed by atoms with Crippen molar-refractivity contribution in [1.29, 1.82) is 0 Å². The number of halogens is 1. The van der Waals surface area contributed by atoms with Crippen LogP contribution in [0.5, 0.6) is 0 Å². The van der Waals surface area contributed by atoms with Gasteiger partial charge in [0, 0.05) is 11.1 Å². The molecule has 5 heteroatoms. The van der Waals surface area contributed by atoms with Crippen molar-refractivity contribution in [3.63, 3.8) is 0 Å². The lowest BCUT2D eigenvalue weighted by atomic mass is 10.1. The quantitative estimate of drug-likeness (QED) is 0.926. The van der Waals surface area contributed by atoms with Gasteiger partial charge >= 0.3 is 5.97 Å². The van der Waals surface area contributed by atoms with Crippen LogP contribution in [0.3, 0.4) is 0 Å². The number of aromatic nitrogens is 1. The second-order valence-corrected chi connectivity index (χ2v) is 5.22. The number of benzene rings is 1. The maximum absolute atomic E-state index is 11.1. The van der Waals surface area contributed by atoms with Gasteiger partial charge < -0.3 is 5.11 Å². The molecule has 2 rings (SSSR count). The van der Waals surface area contributed by atoms with E-state index < -0.39 is 5.97 Å². The third kappa shape index (κ3) is 3.03. The maximum Gasteiger partial charge on any atom is 0.336 e. The molecule has 0 saturated heterocycles. The predicted octanol–water partition coefficient (Wildman–Crippen LogP) is 3.89. The molecule has 0 atom stereocenters. The Labute approximate surface area is 114 Å². The predicted molar refractivity (Wildman–Crippen MR) is 71.5 cm³/mol. The van der Waals surface area contributed by atoms with E-state index in [0.29, 0.717) is 14.9 Å². The molecule has 1 aromatic heterocycles. The zero-order chi connectivity index (χ0) is 13.1. The molecule has 1 aromatic carbocycles. The number of carboxylic acids is 1. The smallest absolute Gasteiger partial charge is 0.336 e. The normalized spacial score (nSPS) is 10.3. The van der Waals surface area contributed by atoms with Gasteiger partial charge in [0.05, 0.1) is 10.6 Å². The van der Waals surface area contributed by atoms with E-state index in [0.717, 1.165) is 5.56 Å². The summed E-state index contributed by atoms with van der Waals surface area (Å²) in [6.45, 7) is 1.92. The van der Waals surface area contributed by atoms with E-state index in [9.17, 15) is 4.79 Å². The Morgan fingerprint density at radius 2 is 2.11 bits per heavy atom. The molecule has 0 saturated carbocycles. The Morgan fingerprint density at radius 1 is 1.33 bits per heavy atom. The molecule has 0 radical (unpaired) electrons. The van der Waals surface area contributed by atoms with Crippen molar-refractivity contribution in [2.24, 2.45) is 0 Å². The molecule has 0 unspecified atom stereocenters. The van der Waals surface area contributed by atoms with Gasteiger partial charge in [0.25, 0.3) is 0 Å². The van der Waals surface area contributed by atoms with E-state index in [1.165, 1.54) is 11.8 Å². The molecule has 1 N–H and O–H groups in total. The Balaban J connectivity index is 2.35. The topological polar surface area (TPSA) is 50.2 Å². The van der Waals surface area contributed by atoms with Crippen LogP contribution in [0.1, 0.15) is 15.9 Å². The second-order valence-electron chi connectivity index (χ2n) is 3.72. The minimum Gasteiger partial charge on any atom is -0.478 e. The number of carbonyl (C=O) groups is 1. The first kappa shape index (κ1) is 12.9. The lowest BCUT2D eigenvalue weighted by Crippen LogP contribution is -1.99. The van der Waals surface area contributed by atoms with Gasteiger partial charge in [-0.1, -0.05) is 29.4 Å². The molecule has 0 aliphatic rings. The van der Waals surface area contributed by atoms with Gasteiger partial charge in [0.15, 0.2) is 0 Å². The average Bonchev–Trinajstić information content (AvgIpc) is 2.32. The van der Waals surface area contributed by atoms with E-state index in [1.807, 2.05) is 13.0 Å². The number of nitrogens with zero attached hydrogens (tertiary/aromatic N) is 1. The van der Waals surface area contributed by atoms with Gasteiger partial charge in [-0.2, -0.15) is 0 Å². The van der Waals surface area contributed by atoms with Crippen molar-refractivity contribution in [3.05, 3.63) is 52.7 Å². The lowest BCUT2D eigenvalue weighted by molar-refractivity contribution is 0.0693. The number of aryl methyl sites for hydroxylation is 1. The highest BCUT2D eigenvalue weighted by atomic mass is 35.5. The van der Waals surface area contributed by atoms with Crippen molar-refractivity contribution < 1.29 is 9.90 Å². The Bertz CT molecular complexity index is 584. The number of hydrogen-bond acceptors (Lipinski definition) is 3. The van der Waals surface area contributed by atoms with Crippen LogP contribution in [0.15, 0.2) is 46.5 Å². The molecule has 92 valence electrons. The summed E-state index contributed by atoms with van der Waals surface area (Å²) < 4.78 is 0. The van der Waals surface area contributed by atoms with E-state index in [1.54, 1.807) is 30.5 Å². The molecule has 0 amide bonds. The average molecular weight is 280 g/mol. The molecule has 0 fully saturated rings. The summed E-state index contributed by atoms with van der Waals surface area (Å²) in [6, 6.07) is 8.72. The standard InChI is InChI=1S/C13H10ClNO2S/c1-8-2-4-10(13(16)17)11(6-8)18-12-5-3-9(14)7-15-12/h2-7H,1H3,(H,16,17). The number of rotatable bonds is 3. The summed E-state index contributed by atoms with van der Waals surface area (Å²) in [5.41, 5.74) is 1.29. The van der Waals surface area contributed by atoms with Crippen molar-refractivity contribution in [2.75, 3.05) is 0 Å². The molecule has 1 heterocycles. The van der Waals surface area contributed by atoms with Crippen LogP contribution in [0, 0.1) is 6.92 Å². The molecule has 2 aromatic rings. The fourth-order valence-corrected chi connectivity index (χ4v) is 2.51. The number of aromatic carboxylic acids is 1. The molecule has 0 aliphatic heterocycles. The molecule has 18 heavy (non-hydrogen) atoms. The Hall–Kier alpha value is -1.52. The summed E-state index contributed by atoms with van der Waals surface area (Å²) in [6.07, 6.45) is 1.54. The zero-order valence-electron chi connectivity index (χ0n) is 9.55. The first-order chi connectivity index (χ1) is 8.56. The largest absolute Gasteiger partial charge is 0.478 e. The third-order valence-electron chi connectivity index (χ3n) is 2.28.